The molecule has 6 heteroatoms. The van der Waals surface area contributed by atoms with Gasteiger partial charge in [0.15, 0.2) is 5.17 Å². The Morgan fingerprint density at radius 2 is 1.70 bits per heavy atom. The van der Waals surface area contributed by atoms with E-state index in [1.54, 1.807) is 0 Å². The Bertz CT molecular complexity index is 889. The Morgan fingerprint density at radius 3 is 2.44 bits per heavy atom. The van der Waals surface area contributed by atoms with Crippen LogP contribution in [0.5, 0.6) is 0 Å². The maximum absolute atomic E-state index is 12.3. The number of piperazine rings is 1. The average Bonchev–Trinajstić information content (AvgIpc) is 3.05. The fourth-order valence-corrected chi connectivity index (χ4v) is 4.35. The van der Waals surface area contributed by atoms with E-state index >= 15 is 0 Å². The van der Waals surface area contributed by atoms with Crippen LogP contribution in [0.3, 0.4) is 0 Å². The molecule has 4 rings (SSSR count). The zero-order valence-corrected chi connectivity index (χ0v) is 16.4. The Morgan fingerprint density at radius 1 is 1.00 bits per heavy atom. The summed E-state index contributed by atoms with van der Waals surface area (Å²) < 4.78 is 0. The Labute approximate surface area is 168 Å². The van der Waals surface area contributed by atoms with Gasteiger partial charge in [-0.3, -0.25) is 9.69 Å². The third-order valence-corrected chi connectivity index (χ3v) is 6.08. The first-order chi connectivity index (χ1) is 13.2. The van der Waals surface area contributed by atoms with E-state index in [1.165, 1.54) is 17.3 Å². The lowest BCUT2D eigenvalue weighted by molar-refractivity contribution is -0.113. The van der Waals surface area contributed by atoms with Gasteiger partial charge in [0.25, 0.3) is 5.91 Å². The van der Waals surface area contributed by atoms with Crippen molar-refractivity contribution in [2.24, 2.45) is 4.99 Å². The molecule has 2 aliphatic rings. The SMILES string of the molecule is O=C1N=C(N2CCN(Cc3ccccc3)CC2)SC1=Cc1ccccc1Cl. The molecule has 1 amide bonds. The van der Waals surface area contributed by atoms with Crippen LogP contribution in [0.4, 0.5) is 0 Å². The zero-order chi connectivity index (χ0) is 18.6. The minimum absolute atomic E-state index is 0.179. The number of carbonyl (C=O) groups is 1. The third kappa shape index (κ3) is 4.43. The largest absolute Gasteiger partial charge is 0.348 e. The van der Waals surface area contributed by atoms with E-state index in [9.17, 15) is 4.79 Å². The van der Waals surface area contributed by atoms with Crippen molar-refractivity contribution in [3.05, 3.63) is 75.7 Å². The van der Waals surface area contributed by atoms with E-state index in [2.05, 4.69) is 39.1 Å². The number of rotatable bonds is 3. The van der Waals surface area contributed by atoms with Crippen LogP contribution in [0.15, 0.2) is 64.5 Å². The molecule has 138 valence electrons. The van der Waals surface area contributed by atoms with Gasteiger partial charge in [0.2, 0.25) is 0 Å². The van der Waals surface area contributed by atoms with Crippen LogP contribution < -0.4 is 0 Å². The van der Waals surface area contributed by atoms with Crippen LogP contribution in [0.1, 0.15) is 11.1 Å². The Balaban J connectivity index is 1.36. The first-order valence-electron chi connectivity index (χ1n) is 8.97. The summed E-state index contributed by atoms with van der Waals surface area (Å²) in [6, 6.07) is 18.0. The van der Waals surface area contributed by atoms with Gasteiger partial charge in [0, 0.05) is 37.7 Å². The summed E-state index contributed by atoms with van der Waals surface area (Å²) in [6.07, 6.45) is 1.83. The second-order valence-electron chi connectivity index (χ2n) is 6.58. The smallest absolute Gasteiger partial charge is 0.286 e. The van der Waals surface area contributed by atoms with Crippen LogP contribution in [0, 0.1) is 0 Å². The number of thioether (sulfide) groups is 1. The maximum atomic E-state index is 12.3. The summed E-state index contributed by atoms with van der Waals surface area (Å²) >= 11 is 7.64. The lowest BCUT2D eigenvalue weighted by atomic mass is 10.2. The van der Waals surface area contributed by atoms with Gasteiger partial charge in [0.05, 0.1) is 4.91 Å². The van der Waals surface area contributed by atoms with Gasteiger partial charge in [-0.15, -0.1) is 0 Å². The van der Waals surface area contributed by atoms with Crippen molar-refractivity contribution in [1.29, 1.82) is 0 Å². The number of aliphatic imine (C=N–C) groups is 1. The summed E-state index contributed by atoms with van der Waals surface area (Å²) in [4.78, 5) is 21.8. The van der Waals surface area contributed by atoms with E-state index in [-0.39, 0.29) is 5.91 Å². The second-order valence-corrected chi connectivity index (χ2v) is 8.00. The fourth-order valence-electron chi connectivity index (χ4n) is 3.21. The lowest BCUT2D eigenvalue weighted by Crippen LogP contribution is -2.47. The van der Waals surface area contributed by atoms with Crippen LogP contribution in [0.2, 0.25) is 5.02 Å². The number of benzene rings is 2. The molecule has 2 aromatic carbocycles. The molecule has 0 bridgehead atoms. The van der Waals surface area contributed by atoms with Gasteiger partial charge in [-0.2, -0.15) is 4.99 Å². The molecule has 2 aromatic rings. The maximum Gasteiger partial charge on any atom is 0.286 e. The summed E-state index contributed by atoms with van der Waals surface area (Å²) in [7, 11) is 0. The molecule has 1 saturated heterocycles. The molecule has 1 fully saturated rings. The predicted octanol–water partition coefficient (Wildman–Crippen LogP) is 4.13. The molecule has 27 heavy (non-hydrogen) atoms. The second kappa shape index (κ2) is 8.30. The summed E-state index contributed by atoms with van der Waals surface area (Å²) in [6.45, 7) is 4.65. The number of carbonyl (C=O) groups excluding carboxylic acids is 1. The molecule has 0 spiro atoms. The molecule has 0 unspecified atom stereocenters. The molecule has 0 saturated carbocycles. The van der Waals surface area contributed by atoms with E-state index in [1.807, 2.05) is 36.4 Å². The Kier molecular flexibility index (Phi) is 5.62. The minimum Gasteiger partial charge on any atom is -0.348 e. The van der Waals surface area contributed by atoms with Crippen LogP contribution in [-0.2, 0) is 11.3 Å². The number of hydrogen-bond donors (Lipinski definition) is 0. The summed E-state index contributed by atoms with van der Waals surface area (Å²) in [5, 5.41) is 1.44. The van der Waals surface area contributed by atoms with Gasteiger partial charge in [-0.25, -0.2) is 0 Å². The van der Waals surface area contributed by atoms with E-state index in [4.69, 9.17) is 11.6 Å². The average molecular weight is 398 g/mol. The fraction of sp³-hybridized carbons (Fsp3) is 0.238. The molecule has 0 aliphatic carbocycles. The summed E-state index contributed by atoms with van der Waals surface area (Å²) in [5.41, 5.74) is 2.18. The van der Waals surface area contributed by atoms with E-state index < -0.39 is 0 Å². The number of amidine groups is 1. The molecular formula is C21H20ClN3OS. The highest BCUT2D eigenvalue weighted by Crippen LogP contribution is 2.32. The van der Waals surface area contributed by atoms with Crippen LogP contribution >= 0.6 is 23.4 Å². The molecule has 2 heterocycles. The predicted molar refractivity (Wildman–Crippen MR) is 113 cm³/mol. The van der Waals surface area contributed by atoms with E-state index in [0.29, 0.717) is 9.93 Å². The molecule has 0 N–H and O–H groups in total. The lowest BCUT2D eigenvalue weighted by Gasteiger charge is -2.35. The van der Waals surface area contributed by atoms with Gasteiger partial charge >= 0.3 is 0 Å². The van der Waals surface area contributed by atoms with Crippen LogP contribution in [0.25, 0.3) is 6.08 Å². The monoisotopic (exact) mass is 397 g/mol. The first kappa shape index (κ1) is 18.3. The highest BCUT2D eigenvalue weighted by atomic mass is 35.5. The topological polar surface area (TPSA) is 35.9 Å². The van der Waals surface area contributed by atoms with Crippen molar-refractivity contribution in [2.45, 2.75) is 6.54 Å². The quantitative estimate of drug-likeness (QED) is 0.729. The van der Waals surface area contributed by atoms with Gasteiger partial charge in [-0.1, -0.05) is 60.1 Å². The van der Waals surface area contributed by atoms with Crippen molar-refractivity contribution in [2.75, 3.05) is 26.2 Å². The zero-order valence-electron chi connectivity index (χ0n) is 14.8. The molecule has 0 aromatic heterocycles. The van der Waals surface area contributed by atoms with Crippen molar-refractivity contribution < 1.29 is 4.79 Å². The van der Waals surface area contributed by atoms with Gasteiger partial charge in [0.1, 0.15) is 0 Å². The molecule has 4 nitrogen and oxygen atoms in total. The number of nitrogens with zero attached hydrogens (tertiary/aromatic N) is 3. The summed E-state index contributed by atoms with van der Waals surface area (Å²) in [5.74, 6) is -0.179. The van der Waals surface area contributed by atoms with Crippen LogP contribution in [-0.4, -0.2) is 47.1 Å². The molecule has 2 aliphatic heterocycles. The highest BCUT2D eigenvalue weighted by Gasteiger charge is 2.28. The Hall–Kier alpha value is -2.08. The first-order valence-corrected chi connectivity index (χ1v) is 10.2. The van der Waals surface area contributed by atoms with Crippen molar-refractivity contribution >= 4 is 40.5 Å². The highest BCUT2D eigenvalue weighted by molar-refractivity contribution is 8.18. The molecular weight excluding hydrogens is 378 g/mol. The number of hydrogen-bond acceptors (Lipinski definition) is 4. The van der Waals surface area contributed by atoms with Gasteiger partial charge in [-0.05, 0) is 35.0 Å². The molecule has 0 atom stereocenters. The van der Waals surface area contributed by atoms with Gasteiger partial charge < -0.3 is 4.90 Å². The van der Waals surface area contributed by atoms with E-state index in [0.717, 1.165) is 43.5 Å². The standard InChI is InChI=1S/C21H20ClN3OS/c22-18-9-5-4-8-17(18)14-19-20(26)23-21(27-19)25-12-10-24(11-13-25)15-16-6-2-1-3-7-16/h1-9,14H,10-13,15H2. The van der Waals surface area contributed by atoms with Crippen molar-refractivity contribution in [3.8, 4) is 0 Å². The number of halogens is 1. The molecule has 0 radical (unpaired) electrons. The normalized spacial score (nSPS) is 19.6. The van der Waals surface area contributed by atoms with Crippen molar-refractivity contribution in [1.82, 2.24) is 9.80 Å². The minimum atomic E-state index is -0.179. The number of amides is 1. The van der Waals surface area contributed by atoms with Crippen molar-refractivity contribution in [3.63, 3.8) is 0 Å². The third-order valence-electron chi connectivity index (χ3n) is 4.69.